The van der Waals surface area contributed by atoms with E-state index in [1.165, 1.54) is 32.1 Å². The van der Waals surface area contributed by atoms with Crippen LogP contribution in [-0.2, 0) is 4.74 Å². The van der Waals surface area contributed by atoms with E-state index < -0.39 is 0 Å². The molecule has 2 heteroatoms. The van der Waals surface area contributed by atoms with Crippen molar-refractivity contribution < 1.29 is 4.74 Å². The first-order valence-electron chi connectivity index (χ1n) is 8.13. The average molecular weight is 255 g/mol. The molecule has 1 aliphatic carbocycles. The Morgan fingerprint density at radius 2 is 1.83 bits per heavy atom. The van der Waals surface area contributed by atoms with Crippen molar-refractivity contribution in [3.63, 3.8) is 0 Å². The molecule has 0 aliphatic heterocycles. The molecule has 0 aromatic carbocycles. The van der Waals surface area contributed by atoms with Crippen molar-refractivity contribution in [1.82, 2.24) is 5.32 Å². The van der Waals surface area contributed by atoms with Crippen LogP contribution in [0.2, 0.25) is 0 Å². The van der Waals surface area contributed by atoms with Gasteiger partial charge in [-0.1, -0.05) is 46.5 Å². The second-order valence-corrected chi connectivity index (χ2v) is 5.60. The Morgan fingerprint density at radius 3 is 2.39 bits per heavy atom. The van der Waals surface area contributed by atoms with Crippen molar-refractivity contribution in [3.8, 4) is 0 Å². The molecular formula is C16H33NO. The van der Waals surface area contributed by atoms with Gasteiger partial charge in [0.15, 0.2) is 0 Å². The molecule has 1 N–H and O–H groups in total. The number of rotatable bonds is 8. The summed E-state index contributed by atoms with van der Waals surface area (Å²) in [4.78, 5) is 0. The van der Waals surface area contributed by atoms with E-state index in [2.05, 4.69) is 33.0 Å². The van der Waals surface area contributed by atoms with E-state index in [0.29, 0.717) is 12.1 Å². The molecule has 0 aromatic rings. The van der Waals surface area contributed by atoms with Gasteiger partial charge in [0, 0.05) is 12.6 Å². The van der Waals surface area contributed by atoms with Crippen LogP contribution in [0.3, 0.4) is 0 Å². The molecular weight excluding hydrogens is 222 g/mol. The van der Waals surface area contributed by atoms with Gasteiger partial charge in [0.1, 0.15) is 0 Å². The number of hydrogen-bond donors (Lipinski definition) is 1. The first-order valence-corrected chi connectivity index (χ1v) is 8.13. The van der Waals surface area contributed by atoms with Gasteiger partial charge in [0.2, 0.25) is 0 Å². The minimum Gasteiger partial charge on any atom is -0.377 e. The maximum atomic E-state index is 5.99. The van der Waals surface area contributed by atoms with E-state index in [0.717, 1.165) is 31.4 Å². The fourth-order valence-corrected chi connectivity index (χ4v) is 3.70. The predicted molar refractivity (Wildman–Crippen MR) is 78.9 cm³/mol. The highest BCUT2D eigenvalue weighted by atomic mass is 16.5. The Labute approximate surface area is 114 Å². The Balaban J connectivity index is 2.73. The Morgan fingerprint density at radius 1 is 1.11 bits per heavy atom. The number of ether oxygens (including phenoxy) is 1. The maximum absolute atomic E-state index is 5.99. The van der Waals surface area contributed by atoms with Crippen molar-refractivity contribution >= 4 is 0 Å². The fourth-order valence-electron chi connectivity index (χ4n) is 3.70. The molecule has 4 unspecified atom stereocenters. The van der Waals surface area contributed by atoms with Crippen LogP contribution in [-0.4, -0.2) is 25.3 Å². The summed E-state index contributed by atoms with van der Waals surface area (Å²) in [5.74, 6) is 1.72. The van der Waals surface area contributed by atoms with Gasteiger partial charge in [-0.05, 0) is 38.1 Å². The number of nitrogens with one attached hydrogen (secondary N) is 1. The summed E-state index contributed by atoms with van der Waals surface area (Å²) in [6, 6.07) is 0.560. The summed E-state index contributed by atoms with van der Waals surface area (Å²) in [7, 11) is 0. The highest BCUT2D eigenvalue weighted by Gasteiger charge is 2.34. The van der Waals surface area contributed by atoms with Crippen LogP contribution < -0.4 is 5.32 Å². The van der Waals surface area contributed by atoms with Gasteiger partial charge < -0.3 is 10.1 Å². The monoisotopic (exact) mass is 255 g/mol. The predicted octanol–water partition coefficient (Wildman–Crippen LogP) is 4.00. The van der Waals surface area contributed by atoms with Crippen LogP contribution in [0.4, 0.5) is 0 Å². The van der Waals surface area contributed by atoms with Crippen molar-refractivity contribution in [2.75, 3.05) is 13.2 Å². The molecule has 0 spiro atoms. The van der Waals surface area contributed by atoms with E-state index in [-0.39, 0.29) is 0 Å². The van der Waals surface area contributed by atoms with Crippen molar-refractivity contribution in [2.45, 2.75) is 78.4 Å². The summed E-state index contributed by atoms with van der Waals surface area (Å²) in [6.07, 6.45) is 8.50. The SMILES string of the molecule is CCNC(C(CC)OCC)C1CCCCC1CC. The third-order valence-electron chi connectivity index (χ3n) is 4.58. The summed E-state index contributed by atoms with van der Waals surface area (Å²) in [5.41, 5.74) is 0. The van der Waals surface area contributed by atoms with Gasteiger partial charge in [-0.25, -0.2) is 0 Å². The minimum absolute atomic E-state index is 0.395. The van der Waals surface area contributed by atoms with Gasteiger partial charge in [-0.3, -0.25) is 0 Å². The number of likely N-dealkylation sites (N-methyl/N-ethyl adjacent to an activating group) is 1. The quantitative estimate of drug-likeness (QED) is 0.708. The molecule has 0 aromatic heterocycles. The Kier molecular flexibility index (Phi) is 7.92. The van der Waals surface area contributed by atoms with Crippen LogP contribution in [0.1, 0.15) is 66.2 Å². The number of hydrogen-bond acceptors (Lipinski definition) is 2. The zero-order valence-corrected chi connectivity index (χ0v) is 12.9. The second kappa shape index (κ2) is 8.92. The van der Waals surface area contributed by atoms with Crippen molar-refractivity contribution in [3.05, 3.63) is 0 Å². The zero-order chi connectivity index (χ0) is 13.4. The average Bonchev–Trinajstić information content (AvgIpc) is 2.42. The molecule has 1 aliphatic rings. The van der Waals surface area contributed by atoms with Crippen molar-refractivity contribution in [2.24, 2.45) is 11.8 Å². The summed E-state index contributed by atoms with van der Waals surface area (Å²) in [6.45, 7) is 10.8. The Hall–Kier alpha value is -0.0800. The van der Waals surface area contributed by atoms with Crippen molar-refractivity contribution in [1.29, 1.82) is 0 Å². The van der Waals surface area contributed by atoms with E-state index in [9.17, 15) is 0 Å². The summed E-state index contributed by atoms with van der Waals surface area (Å²) in [5, 5.41) is 3.73. The lowest BCUT2D eigenvalue weighted by Gasteiger charge is -2.40. The highest BCUT2D eigenvalue weighted by Crippen LogP contribution is 2.36. The summed E-state index contributed by atoms with van der Waals surface area (Å²) >= 11 is 0. The maximum Gasteiger partial charge on any atom is 0.0728 e. The molecule has 1 saturated carbocycles. The first-order chi connectivity index (χ1) is 8.78. The fraction of sp³-hybridized carbons (Fsp3) is 1.00. The molecule has 18 heavy (non-hydrogen) atoms. The molecule has 2 nitrogen and oxygen atoms in total. The van der Waals surface area contributed by atoms with Crippen LogP contribution in [0.25, 0.3) is 0 Å². The normalized spacial score (nSPS) is 28.0. The molecule has 0 radical (unpaired) electrons. The molecule has 0 heterocycles. The van der Waals surface area contributed by atoms with E-state index >= 15 is 0 Å². The van der Waals surface area contributed by atoms with Gasteiger partial charge in [-0.15, -0.1) is 0 Å². The van der Waals surface area contributed by atoms with Gasteiger partial charge >= 0.3 is 0 Å². The summed E-state index contributed by atoms with van der Waals surface area (Å²) < 4.78 is 5.99. The zero-order valence-electron chi connectivity index (χ0n) is 12.9. The molecule has 0 amide bonds. The van der Waals surface area contributed by atoms with E-state index in [1.54, 1.807) is 0 Å². The smallest absolute Gasteiger partial charge is 0.0728 e. The molecule has 4 atom stereocenters. The largest absolute Gasteiger partial charge is 0.377 e. The lowest BCUT2D eigenvalue weighted by molar-refractivity contribution is -0.00236. The van der Waals surface area contributed by atoms with Crippen LogP contribution >= 0.6 is 0 Å². The van der Waals surface area contributed by atoms with E-state index in [1.807, 2.05) is 0 Å². The van der Waals surface area contributed by atoms with Gasteiger partial charge in [-0.2, -0.15) is 0 Å². The van der Waals surface area contributed by atoms with E-state index in [4.69, 9.17) is 4.74 Å². The van der Waals surface area contributed by atoms with Crippen LogP contribution in [0, 0.1) is 11.8 Å². The third kappa shape index (κ3) is 4.24. The molecule has 108 valence electrons. The molecule has 1 rings (SSSR count). The Bertz CT molecular complexity index is 207. The second-order valence-electron chi connectivity index (χ2n) is 5.60. The topological polar surface area (TPSA) is 21.3 Å². The lowest BCUT2D eigenvalue weighted by atomic mass is 9.72. The van der Waals surface area contributed by atoms with Gasteiger partial charge in [0.05, 0.1) is 6.10 Å². The molecule has 0 bridgehead atoms. The molecule has 1 fully saturated rings. The highest BCUT2D eigenvalue weighted by molar-refractivity contribution is 4.89. The molecule has 0 saturated heterocycles. The third-order valence-corrected chi connectivity index (χ3v) is 4.58. The minimum atomic E-state index is 0.395. The van der Waals surface area contributed by atoms with Crippen LogP contribution in [0.5, 0.6) is 0 Å². The first kappa shape index (κ1) is 16.0. The standard InChI is InChI=1S/C16H33NO/c1-5-13-11-9-10-12-14(13)16(17-7-3)15(6-2)18-8-4/h13-17H,5-12H2,1-4H3. The lowest BCUT2D eigenvalue weighted by Crippen LogP contribution is -2.49. The van der Waals surface area contributed by atoms with Crippen LogP contribution in [0.15, 0.2) is 0 Å². The van der Waals surface area contributed by atoms with Gasteiger partial charge in [0.25, 0.3) is 0 Å².